The topological polar surface area (TPSA) is 83.8 Å². The summed E-state index contributed by atoms with van der Waals surface area (Å²) in [4.78, 5) is 26.9. The Labute approximate surface area is 63.9 Å². The van der Waals surface area contributed by atoms with Gasteiger partial charge in [-0.05, 0) is 6.42 Å². The molecule has 0 rings (SSSR count). The summed E-state index contributed by atoms with van der Waals surface area (Å²) in [5.74, 6) is -1.05. The Morgan fingerprint density at radius 2 is 2.09 bits per heavy atom. The standard InChI is InChI=1S/C5H9O5P/c1-3-4(2)5(6)10-11(7,8)9/h2-3H2,1H3,(H2,7,8,9). The summed E-state index contributed by atoms with van der Waals surface area (Å²) in [5.41, 5.74) is 0.0355. The molecule has 0 saturated carbocycles. The van der Waals surface area contributed by atoms with E-state index in [2.05, 4.69) is 11.1 Å². The van der Waals surface area contributed by atoms with Crippen LogP contribution in [0.2, 0.25) is 0 Å². The van der Waals surface area contributed by atoms with E-state index in [0.717, 1.165) is 0 Å². The molecular formula is C5H9O5P. The molecule has 0 atom stereocenters. The van der Waals surface area contributed by atoms with E-state index in [1.165, 1.54) is 0 Å². The van der Waals surface area contributed by atoms with Crippen molar-refractivity contribution in [3.8, 4) is 0 Å². The smallest absolute Gasteiger partial charge is 0.367 e. The summed E-state index contributed by atoms with van der Waals surface area (Å²) in [6.07, 6.45) is 0.304. The first-order chi connectivity index (χ1) is 4.87. The van der Waals surface area contributed by atoms with Crippen molar-refractivity contribution in [2.75, 3.05) is 0 Å². The molecule has 0 amide bonds. The van der Waals surface area contributed by atoms with Crippen LogP contribution < -0.4 is 0 Å². The van der Waals surface area contributed by atoms with Crippen LogP contribution in [0, 0.1) is 0 Å². The van der Waals surface area contributed by atoms with E-state index in [0.29, 0.717) is 6.42 Å². The fraction of sp³-hybridized carbons (Fsp3) is 0.400. The average molecular weight is 180 g/mol. The molecule has 0 aliphatic rings. The van der Waals surface area contributed by atoms with Crippen LogP contribution in [0.15, 0.2) is 12.2 Å². The number of carbonyl (C=O) groups is 1. The summed E-state index contributed by atoms with van der Waals surface area (Å²) in [7, 11) is -4.70. The van der Waals surface area contributed by atoms with Gasteiger partial charge in [-0.15, -0.1) is 0 Å². The van der Waals surface area contributed by atoms with Gasteiger partial charge in [-0.3, -0.25) is 9.79 Å². The molecule has 0 radical (unpaired) electrons. The Bertz CT molecular complexity index is 215. The summed E-state index contributed by atoms with van der Waals surface area (Å²) in [5, 5.41) is 0. The Morgan fingerprint density at radius 3 is 2.36 bits per heavy atom. The zero-order valence-corrected chi connectivity index (χ0v) is 6.88. The fourth-order valence-corrected chi connectivity index (χ4v) is 0.662. The third kappa shape index (κ3) is 4.72. The van der Waals surface area contributed by atoms with Crippen molar-refractivity contribution in [2.24, 2.45) is 0 Å². The van der Waals surface area contributed by atoms with Crippen LogP contribution in [0.1, 0.15) is 13.3 Å². The third-order valence-electron chi connectivity index (χ3n) is 0.917. The van der Waals surface area contributed by atoms with Crippen LogP contribution in [-0.2, 0) is 13.9 Å². The highest BCUT2D eigenvalue weighted by Gasteiger charge is 2.21. The molecule has 0 saturated heterocycles. The van der Waals surface area contributed by atoms with Crippen LogP contribution >= 0.6 is 7.82 Å². The second-order valence-electron chi connectivity index (χ2n) is 1.83. The van der Waals surface area contributed by atoms with Gasteiger partial charge in [0.2, 0.25) is 0 Å². The van der Waals surface area contributed by atoms with Gasteiger partial charge < -0.3 is 4.52 Å². The van der Waals surface area contributed by atoms with Crippen molar-refractivity contribution in [3.05, 3.63) is 12.2 Å². The maximum atomic E-state index is 10.6. The molecular weight excluding hydrogens is 171 g/mol. The molecule has 64 valence electrons. The van der Waals surface area contributed by atoms with Crippen LogP contribution in [-0.4, -0.2) is 15.8 Å². The van der Waals surface area contributed by atoms with Crippen LogP contribution in [0.3, 0.4) is 0 Å². The fourth-order valence-electron chi connectivity index (χ4n) is 0.317. The van der Waals surface area contributed by atoms with E-state index in [4.69, 9.17) is 9.79 Å². The molecule has 0 aliphatic heterocycles. The molecule has 0 heterocycles. The lowest BCUT2D eigenvalue weighted by Crippen LogP contribution is -2.04. The predicted octanol–water partition coefficient (Wildman–Crippen LogP) is 0.589. The maximum Gasteiger partial charge on any atom is 0.527 e. The number of rotatable bonds is 3. The molecule has 0 aromatic rings. The largest absolute Gasteiger partial charge is 0.527 e. The summed E-state index contributed by atoms with van der Waals surface area (Å²) in [6, 6.07) is 0. The number of phosphoric ester groups is 1. The van der Waals surface area contributed by atoms with Gasteiger partial charge in [0.25, 0.3) is 0 Å². The average Bonchev–Trinajstić information content (AvgIpc) is 1.82. The van der Waals surface area contributed by atoms with Crippen molar-refractivity contribution in [2.45, 2.75) is 13.3 Å². The molecule has 0 aliphatic carbocycles. The van der Waals surface area contributed by atoms with Gasteiger partial charge in [-0.2, -0.15) is 0 Å². The minimum absolute atomic E-state index is 0.0355. The van der Waals surface area contributed by atoms with Crippen molar-refractivity contribution in [3.63, 3.8) is 0 Å². The Balaban J connectivity index is 4.10. The Kier molecular flexibility index (Phi) is 3.45. The first-order valence-electron chi connectivity index (χ1n) is 2.84. The Hall–Kier alpha value is -0.640. The summed E-state index contributed by atoms with van der Waals surface area (Å²) in [6.45, 7) is 4.87. The lowest BCUT2D eigenvalue weighted by molar-refractivity contribution is -0.131. The summed E-state index contributed by atoms with van der Waals surface area (Å²) >= 11 is 0. The third-order valence-corrected chi connectivity index (χ3v) is 1.32. The molecule has 0 fully saturated rings. The second kappa shape index (κ2) is 3.67. The highest BCUT2D eigenvalue weighted by atomic mass is 31.2. The number of hydrogen-bond acceptors (Lipinski definition) is 3. The predicted molar refractivity (Wildman–Crippen MR) is 37.6 cm³/mol. The van der Waals surface area contributed by atoms with E-state index < -0.39 is 13.8 Å². The molecule has 0 spiro atoms. The maximum absolute atomic E-state index is 10.6. The van der Waals surface area contributed by atoms with Crippen LogP contribution in [0.5, 0.6) is 0 Å². The molecule has 11 heavy (non-hydrogen) atoms. The van der Waals surface area contributed by atoms with Crippen LogP contribution in [0.25, 0.3) is 0 Å². The van der Waals surface area contributed by atoms with Crippen molar-refractivity contribution >= 4 is 13.8 Å². The lowest BCUT2D eigenvalue weighted by atomic mass is 10.2. The van der Waals surface area contributed by atoms with Crippen molar-refractivity contribution in [1.29, 1.82) is 0 Å². The quantitative estimate of drug-likeness (QED) is 0.490. The SMILES string of the molecule is C=C(CC)C(=O)OP(=O)(O)O. The van der Waals surface area contributed by atoms with Crippen molar-refractivity contribution in [1.82, 2.24) is 0 Å². The molecule has 0 unspecified atom stereocenters. The monoisotopic (exact) mass is 180 g/mol. The van der Waals surface area contributed by atoms with Gasteiger partial charge >= 0.3 is 13.8 Å². The van der Waals surface area contributed by atoms with E-state index in [1.54, 1.807) is 6.92 Å². The zero-order chi connectivity index (χ0) is 9.07. The highest BCUT2D eigenvalue weighted by molar-refractivity contribution is 7.46. The second-order valence-corrected chi connectivity index (χ2v) is 2.99. The van der Waals surface area contributed by atoms with Gasteiger partial charge in [-0.1, -0.05) is 13.5 Å². The van der Waals surface area contributed by atoms with Gasteiger partial charge in [0.1, 0.15) is 0 Å². The van der Waals surface area contributed by atoms with Crippen molar-refractivity contribution < 1.29 is 23.7 Å². The Morgan fingerprint density at radius 1 is 1.64 bits per heavy atom. The van der Waals surface area contributed by atoms with Gasteiger partial charge in [0, 0.05) is 5.57 Å². The molecule has 0 aromatic heterocycles. The highest BCUT2D eigenvalue weighted by Crippen LogP contribution is 2.36. The molecule has 6 heteroatoms. The van der Waals surface area contributed by atoms with E-state index in [9.17, 15) is 9.36 Å². The van der Waals surface area contributed by atoms with E-state index >= 15 is 0 Å². The van der Waals surface area contributed by atoms with Gasteiger partial charge in [0.05, 0.1) is 0 Å². The van der Waals surface area contributed by atoms with Gasteiger partial charge in [0.15, 0.2) is 0 Å². The van der Waals surface area contributed by atoms with E-state index in [-0.39, 0.29) is 5.57 Å². The number of carbonyl (C=O) groups excluding carboxylic acids is 1. The minimum atomic E-state index is -4.70. The zero-order valence-electron chi connectivity index (χ0n) is 5.98. The summed E-state index contributed by atoms with van der Waals surface area (Å²) < 4.78 is 13.8. The number of hydrogen-bond donors (Lipinski definition) is 2. The molecule has 0 bridgehead atoms. The van der Waals surface area contributed by atoms with Crippen LogP contribution in [0.4, 0.5) is 0 Å². The normalized spacial score (nSPS) is 10.8. The number of phosphoric acid groups is 1. The first kappa shape index (κ1) is 10.4. The molecule has 2 N–H and O–H groups in total. The first-order valence-corrected chi connectivity index (χ1v) is 4.37. The lowest BCUT2D eigenvalue weighted by Gasteiger charge is -2.04. The van der Waals surface area contributed by atoms with E-state index in [1.807, 2.05) is 0 Å². The minimum Gasteiger partial charge on any atom is -0.367 e. The molecule has 0 aromatic carbocycles. The molecule has 5 nitrogen and oxygen atoms in total. The van der Waals surface area contributed by atoms with Gasteiger partial charge in [-0.25, -0.2) is 9.36 Å².